The summed E-state index contributed by atoms with van der Waals surface area (Å²) in [5.41, 5.74) is 0.162. The number of nitrogens with zero attached hydrogens (tertiary/aromatic N) is 4. The van der Waals surface area contributed by atoms with Gasteiger partial charge in [-0.05, 0) is 0 Å². The second kappa shape index (κ2) is 9.11. The summed E-state index contributed by atoms with van der Waals surface area (Å²) in [5, 5.41) is 15.4. The van der Waals surface area contributed by atoms with Gasteiger partial charge in [-0.3, -0.25) is 4.79 Å². The number of likely N-dealkylation sites (N-methyl/N-ethyl adjacent to an activating group) is 1. The van der Waals surface area contributed by atoms with Crippen molar-refractivity contribution in [2.24, 2.45) is 5.16 Å². The van der Waals surface area contributed by atoms with Crippen molar-refractivity contribution in [3.8, 4) is 17.6 Å². The maximum absolute atomic E-state index is 11.9. The van der Waals surface area contributed by atoms with Crippen molar-refractivity contribution in [3.05, 3.63) is 36.3 Å². The molecule has 0 aromatic carbocycles. The number of hydrogen-bond donors (Lipinski definition) is 2. The summed E-state index contributed by atoms with van der Waals surface area (Å²) >= 11 is 0. The number of amides is 1. The number of ether oxygens (including phenoxy) is 1. The van der Waals surface area contributed by atoms with Crippen molar-refractivity contribution < 1.29 is 52.2 Å². The normalized spacial score (nSPS) is 10.4. The van der Waals surface area contributed by atoms with E-state index in [1.807, 2.05) is 0 Å². The largest absolute Gasteiger partial charge is 0.493 e. The van der Waals surface area contributed by atoms with Gasteiger partial charge < -0.3 is 20.0 Å². The van der Waals surface area contributed by atoms with Gasteiger partial charge in [-0.25, -0.2) is 9.97 Å². The van der Waals surface area contributed by atoms with Gasteiger partial charge in [-0.1, -0.05) is 11.2 Å². The number of carbonyl (C=O) groups excluding carboxylic acids is 1. The summed E-state index contributed by atoms with van der Waals surface area (Å²) < 4.78 is 5.47. The number of aromatic hydroxyl groups is 1. The van der Waals surface area contributed by atoms with Gasteiger partial charge in [0.25, 0.3) is 5.91 Å². The Hall–Kier alpha value is -2.13. The first-order valence-electron chi connectivity index (χ1n) is 6.13. The maximum Gasteiger partial charge on any atom is 0.273 e. The zero-order valence-electron chi connectivity index (χ0n) is 12.4. The minimum atomic E-state index is -0.495. The van der Waals surface area contributed by atoms with E-state index in [9.17, 15) is 9.90 Å². The molecule has 0 atom stereocenters. The van der Waals surface area contributed by atoms with E-state index < -0.39 is 5.91 Å². The van der Waals surface area contributed by atoms with Crippen LogP contribution >= 0.6 is 0 Å². The van der Waals surface area contributed by atoms with Crippen molar-refractivity contribution in [2.45, 2.75) is 0 Å². The predicted molar refractivity (Wildman–Crippen MR) is 75.6 cm³/mol. The van der Waals surface area contributed by atoms with Gasteiger partial charge in [0.1, 0.15) is 13.4 Å². The number of nitrogens with one attached hydrogen (secondary N) is 1. The topological polar surface area (TPSA) is 119 Å². The first-order valence-corrected chi connectivity index (χ1v) is 6.13. The molecule has 2 aromatic heterocycles. The monoisotopic (exact) mass is 392 g/mol. The number of carbonyl (C=O) groups is 1. The van der Waals surface area contributed by atoms with Gasteiger partial charge in [0.15, 0.2) is 5.71 Å². The zero-order chi connectivity index (χ0) is 15.9. The summed E-state index contributed by atoms with van der Waals surface area (Å²) in [6.45, 7) is 0. The van der Waals surface area contributed by atoms with Crippen LogP contribution in [0.25, 0.3) is 0 Å². The van der Waals surface area contributed by atoms with Crippen LogP contribution in [0.4, 0.5) is 0 Å². The van der Waals surface area contributed by atoms with Gasteiger partial charge in [0.2, 0.25) is 17.6 Å². The Balaban J connectivity index is 0.00000264. The molecule has 0 spiro atoms. The molecule has 0 unspecified atom stereocenters. The molecule has 1 amide bonds. The molecule has 0 saturated carbocycles. The molecule has 2 heterocycles. The second-order valence-corrected chi connectivity index (χ2v) is 3.88. The van der Waals surface area contributed by atoms with Crippen molar-refractivity contribution in [1.82, 2.24) is 20.3 Å². The van der Waals surface area contributed by atoms with Crippen LogP contribution in [0, 0.1) is 0 Å². The van der Waals surface area contributed by atoms with E-state index in [1.165, 1.54) is 38.8 Å². The Morgan fingerprint density at radius 2 is 2.17 bits per heavy atom. The number of hydrogen-bond acceptors (Lipinski definition) is 8. The van der Waals surface area contributed by atoms with Crippen LogP contribution in [-0.4, -0.2) is 45.8 Å². The first-order chi connectivity index (χ1) is 10.7. The zero-order valence-corrected chi connectivity index (χ0v) is 15.3. The predicted octanol–water partition coefficient (Wildman–Crippen LogP) is 0.463. The van der Waals surface area contributed by atoms with Gasteiger partial charge in [0, 0.05) is 58.1 Å². The van der Waals surface area contributed by atoms with Crippen molar-refractivity contribution in [3.63, 3.8) is 0 Å². The Labute approximate surface area is 157 Å². The second-order valence-electron chi connectivity index (χ2n) is 3.88. The van der Waals surface area contributed by atoms with Crippen LogP contribution < -0.4 is 10.1 Å². The average Bonchev–Trinajstić information content (AvgIpc) is 2.53. The molecule has 0 aliphatic carbocycles. The minimum Gasteiger partial charge on any atom is -0.493 e. The fourth-order valence-corrected chi connectivity index (χ4v) is 1.54. The molecule has 2 N–H and O–H groups in total. The SMILES string of the molecule is CNC(=O)/C(=N/OC)c1cncnc1Oc1cccc(O)n1.[Y]. The maximum atomic E-state index is 11.9. The van der Waals surface area contributed by atoms with Crippen LogP contribution in [0.5, 0.6) is 17.6 Å². The molecule has 0 bridgehead atoms. The Morgan fingerprint density at radius 1 is 1.39 bits per heavy atom. The third-order valence-electron chi connectivity index (χ3n) is 2.47. The number of oxime groups is 1. The van der Waals surface area contributed by atoms with Gasteiger partial charge in [-0.2, -0.15) is 4.98 Å². The van der Waals surface area contributed by atoms with E-state index >= 15 is 0 Å². The fraction of sp³-hybridized carbons (Fsp3) is 0.154. The first kappa shape index (κ1) is 18.9. The molecule has 10 heteroatoms. The molecule has 2 aromatic rings. The number of pyridine rings is 1. The van der Waals surface area contributed by atoms with Crippen LogP contribution in [0.2, 0.25) is 0 Å². The van der Waals surface area contributed by atoms with Crippen LogP contribution in [0.1, 0.15) is 5.56 Å². The molecule has 1 radical (unpaired) electrons. The van der Waals surface area contributed by atoms with Crippen molar-refractivity contribution in [2.75, 3.05) is 14.2 Å². The quantitative estimate of drug-likeness (QED) is 0.561. The summed E-state index contributed by atoms with van der Waals surface area (Å²) in [6, 6.07) is 4.48. The van der Waals surface area contributed by atoms with Crippen LogP contribution in [0.3, 0.4) is 0 Å². The van der Waals surface area contributed by atoms with E-state index in [1.54, 1.807) is 6.07 Å². The Kier molecular flexibility index (Phi) is 7.50. The number of rotatable bonds is 5. The van der Waals surface area contributed by atoms with E-state index in [0.29, 0.717) is 0 Å². The molecular weight excluding hydrogens is 379 g/mol. The van der Waals surface area contributed by atoms with Crippen molar-refractivity contribution >= 4 is 11.6 Å². The molecule has 117 valence electrons. The van der Waals surface area contributed by atoms with E-state index in [0.717, 1.165) is 0 Å². The van der Waals surface area contributed by atoms with Gasteiger partial charge in [0.05, 0.1) is 5.56 Å². The van der Waals surface area contributed by atoms with Gasteiger partial charge in [-0.15, -0.1) is 0 Å². The van der Waals surface area contributed by atoms with E-state index in [4.69, 9.17) is 4.74 Å². The summed E-state index contributed by atoms with van der Waals surface area (Å²) in [4.78, 5) is 28.1. The molecule has 2 rings (SSSR count). The molecule has 0 aliphatic rings. The molecule has 0 fully saturated rings. The van der Waals surface area contributed by atoms with E-state index in [-0.39, 0.29) is 61.6 Å². The summed E-state index contributed by atoms with van der Waals surface area (Å²) in [5.74, 6) is -0.545. The summed E-state index contributed by atoms with van der Waals surface area (Å²) in [6.07, 6.45) is 2.61. The third kappa shape index (κ3) is 4.93. The van der Waals surface area contributed by atoms with Gasteiger partial charge >= 0.3 is 0 Å². The number of aromatic nitrogens is 3. The Morgan fingerprint density at radius 3 is 2.83 bits per heavy atom. The smallest absolute Gasteiger partial charge is 0.273 e. The average molecular weight is 392 g/mol. The molecule has 0 saturated heterocycles. The van der Waals surface area contributed by atoms with Crippen LogP contribution in [0.15, 0.2) is 35.9 Å². The van der Waals surface area contributed by atoms with E-state index in [2.05, 4.69) is 30.3 Å². The molecular formula is C13H13N5O4Y. The Bertz CT molecular complexity index is 710. The van der Waals surface area contributed by atoms with Crippen molar-refractivity contribution in [1.29, 1.82) is 0 Å². The minimum absolute atomic E-state index is 0. The standard InChI is InChI=1S/C13H13N5O4.Y/c1-14-12(20)11(18-21-2)8-6-15-7-16-13(8)22-10-5-3-4-9(19)17-10;/h3-7H,1-2H3,(H,14,20)(H,17,19);/b18-11+;. The molecule has 23 heavy (non-hydrogen) atoms. The summed E-state index contributed by atoms with van der Waals surface area (Å²) in [7, 11) is 2.76. The molecule has 9 nitrogen and oxygen atoms in total. The molecule has 0 aliphatic heterocycles. The third-order valence-corrected chi connectivity index (χ3v) is 2.47. The van der Waals surface area contributed by atoms with Crippen LogP contribution in [-0.2, 0) is 42.3 Å². The fourth-order valence-electron chi connectivity index (χ4n) is 1.54.